The van der Waals surface area contributed by atoms with E-state index < -0.39 is 0 Å². The molecular weight excluding hydrogens is 352 g/mol. The SMILES string of the molecule is CC(C)[C@@H](C)/C=C/[C@H](C)[C@@H]1CCC2=C3C=CC4=CC(=O)CC[C@]4(C)[C@H]3CC[C@]21C. The van der Waals surface area contributed by atoms with Gasteiger partial charge in [0.1, 0.15) is 0 Å². The van der Waals surface area contributed by atoms with Crippen molar-refractivity contribution >= 4 is 5.78 Å². The molecule has 4 aliphatic rings. The first-order valence-electron chi connectivity index (χ1n) is 12.0. The van der Waals surface area contributed by atoms with E-state index in [1.807, 2.05) is 6.08 Å². The van der Waals surface area contributed by atoms with Crippen molar-refractivity contribution in [2.45, 2.75) is 80.1 Å². The molecule has 4 rings (SSSR count). The number of carbonyl (C=O) groups excluding carboxylic acids is 1. The molecule has 0 spiro atoms. The zero-order valence-corrected chi connectivity index (χ0v) is 19.4. The van der Waals surface area contributed by atoms with Gasteiger partial charge in [0.25, 0.3) is 0 Å². The Hall–Kier alpha value is -1.37. The van der Waals surface area contributed by atoms with E-state index in [0.29, 0.717) is 34.9 Å². The van der Waals surface area contributed by atoms with Gasteiger partial charge >= 0.3 is 0 Å². The Bertz CT molecular complexity index is 806. The fraction of sp³-hybridized carbons (Fsp3) is 0.679. The molecule has 29 heavy (non-hydrogen) atoms. The summed E-state index contributed by atoms with van der Waals surface area (Å²) in [6.07, 6.45) is 18.5. The average molecular weight is 393 g/mol. The number of fused-ring (bicyclic) bond motifs is 4. The van der Waals surface area contributed by atoms with Crippen molar-refractivity contribution in [2.24, 2.45) is 40.4 Å². The zero-order valence-electron chi connectivity index (χ0n) is 19.4. The van der Waals surface area contributed by atoms with Gasteiger partial charge in [-0.2, -0.15) is 0 Å². The van der Waals surface area contributed by atoms with E-state index in [9.17, 15) is 4.79 Å². The average Bonchev–Trinajstić information content (AvgIpc) is 3.03. The van der Waals surface area contributed by atoms with E-state index in [-0.39, 0.29) is 5.41 Å². The quantitative estimate of drug-likeness (QED) is 0.454. The van der Waals surface area contributed by atoms with Crippen LogP contribution in [-0.4, -0.2) is 5.78 Å². The molecule has 158 valence electrons. The van der Waals surface area contributed by atoms with Gasteiger partial charge < -0.3 is 0 Å². The van der Waals surface area contributed by atoms with Crippen LogP contribution < -0.4 is 0 Å². The van der Waals surface area contributed by atoms with E-state index in [4.69, 9.17) is 0 Å². The summed E-state index contributed by atoms with van der Waals surface area (Å²) in [5.41, 5.74) is 5.21. The highest BCUT2D eigenvalue weighted by atomic mass is 16.1. The molecule has 1 nitrogen and oxygen atoms in total. The topological polar surface area (TPSA) is 17.1 Å². The standard InChI is InChI=1S/C28H40O/c1-18(2)19(3)7-8-20(4)24-11-12-25-23-10-9-21-17-22(29)13-15-27(21,5)26(23)14-16-28(24,25)6/h7-10,17-20,24,26H,11-16H2,1-6H3/b8-7+/t19-,20-,24-,26-,27-,28-/m0/s1. The van der Waals surface area contributed by atoms with Gasteiger partial charge in [-0.3, -0.25) is 4.79 Å². The maximum atomic E-state index is 12.0. The number of carbonyl (C=O) groups is 1. The molecule has 0 saturated heterocycles. The van der Waals surface area contributed by atoms with Crippen molar-refractivity contribution in [3.63, 3.8) is 0 Å². The third kappa shape index (κ3) is 3.33. The minimum absolute atomic E-state index is 0.169. The Morgan fingerprint density at radius 3 is 2.45 bits per heavy atom. The van der Waals surface area contributed by atoms with Crippen LogP contribution in [0.15, 0.2) is 47.1 Å². The highest BCUT2D eigenvalue weighted by molar-refractivity contribution is 5.92. The normalized spacial score (nSPS) is 38.7. The highest BCUT2D eigenvalue weighted by Gasteiger charge is 2.53. The van der Waals surface area contributed by atoms with Crippen LogP contribution in [0.1, 0.15) is 80.1 Å². The molecule has 1 heteroatoms. The second-order valence-corrected chi connectivity index (χ2v) is 11.3. The minimum atomic E-state index is 0.169. The van der Waals surface area contributed by atoms with Crippen LogP contribution in [0.4, 0.5) is 0 Å². The molecule has 4 aliphatic carbocycles. The molecular formula is C28H40O. The summed E-state index contributed by atoms with van der Waals surface area (Å²) < 4.78 is 0. The molecule has 0 aromatic heterocycles. The smallest absolute Gasteiger partial charge is 0.156 e. The third-order valence-electron chi connectivity index (χ3n) is 9.37. The zero-order chi connectivity index (χ0) is 21.0. The van der Waals surface area contributed by atoms with Crippen molar-refractivity contribution in [2.75, 3.05) is 0 Å². The van der Waals surface area contributed by atoms with Gasteiger partial charge in [-0.15, -0.1) is 0 Å². The van der Waals surface area contributed by atoms with Crippen molar-refractivity contribution in [3.8, 4) is 0 Å². The molecule has 6 atom stereocenters. The lowest BCUT2D eigenvalue weighted by molar-refractivity contribution is -0.116. The molecule has 0 N–H and O–H groups in total. The molecule has 0 heterocycles. The van der Waals surface area contributed by atoms with Crippen molar-refractivity contribution in [3.05, 3.63) is 47.1 Å². The van der Waals surface area contributed by atoms with Crippen LogP contribution >= 0.6 is 0 Å². The van der Waals surface area contributed by atoms with Gasteiger partial charge in [-0.25, -0.2) is 0 Å². The number of rotatable bonds is 4. The Morgan fingerprint density at radius 2 is 1.72 bits per heavy atom. The van der Waals surface area contributed by atoms with Crippen LogP contribution in [-0.2, 0) is 4.79 Å². The summed E-state index contributed by atoms with van der Waals surface area (Å²) in [6.45, 7) is 14.4. The highest BCUT2D eigenvalue weighted by Crippen LogP contribution is 2.63. The van der Waals surface area contributed by atoms with E-state index in [1.54, 1.807) is 11.1 Å². The van der Waals surface area contributed by atoms with Crippen molar-refractivity contribution in [1.29, 1.82) is 0 Å². The van der Waals surface area contributed by atoms with Crippen LogP contribution in [0.3, 0.4) is 0 Å². The lowest BCUT2D eigenvalue weighted by Gasteiger charge is -2.51. The summed E-state index contributed by atoms with van der Waals surface area (Å²) in [5, 5.41) is 0. The fourth-order valence-electron chi connectivity index (χ4n) is 6.91. The lowest BCUT2D eigenvalue weighted by Crippen LogP contribution is -2.41. The molecule has 0 radical (unpaired) electrons. The van der Waals surface area contributed by atoms with Gasteiger partial charge in [-0.05, 0) is 89.7 Å². The lowest BCUT2D eigenvalue weighted by atomic mass is 9.53. The van der Waals surface area contributed by atoms with E-state index >= 15 is 0 Å². The number of hydrogen-bond donors (Lipinski definition) is 0. The van der Waals surface area contributed by atoms with E-state index in [1.165, 1.54) is 31.3 Å². The summed E-state index contributed by atoms with van der Waals surface area (Å²) in [7, 11) is 0. The van der Waals surface area contributed by atoms with Crippen LogP contribution in [0.5, 0.6) is 0 Å². The molecule has 0 bridgehead atoms. The Balaban J connectivity index is 1.65. The molecule has 0 aliphatic heterocycles. The first-order valence-corrected chi connectivity index (χ1v) is 12.0. The van der Waals surface area contributed by atoms with E-state index in [0.717, 1.165) is 18.8 Å². The Kier molecular flexibility index (Phi) is 5.33. The molecule has 0 aromatic carbocycles. The van der Waals surface area contributed by atoms with Gasteiger partial charge in [0.15, 0.2) is 5.78 Å². The third-order valence-corrected chi connectivity index (χ3v) is 9.37. The van der Waals surface area contributed by atoms with Crippen LogP contribution in [0, 0.1) is 40.4 Å². The first-order chi connectivity index (χ1) is 13.7. The Labute approximate surface area is 178 Å². The summed E-state index contributed by atoms with van der Waals surface area (Å²) in [4.78, 5) is 12.0. The summed E-state index contributed by atoms with van der Waals surface area (Å²) in [5.74, 6) is 3.69. The minimum Gasteiger partial charge on any atom is -0.295 e. The van der Waals surface area contributed by atoms with Crippen LogP contribution in [0.2, 0.25) is 0 Å². The molecule has 0 unspecified atom stereocenters. The van der Waals surface area contributed by atoms with Crippen molar-refractivity contribution < 1.29 is 4.79 Å². The van der Waals surface area contributed by atoms with E-state index in [2.05, 4.69) is 65.8 Å². The number of ketones is 1. The Morgan fingerprint density at radius 1 is 0.966 bits per heavy atom. The van der Waals surface area contributed by atoms with Gasteiger partial charge in [0.05, 0.1) is 0 Å². The number of allylic oxidation sites excluding steroid dienone is 8. The summed E-state index contributed by atoms with van der Waals surface area (Å²) >= 11 is 0. The molecule has 1 fully saturated rings. The van der Waals surface area contributed by atoms with Gasteiger partial charge in [-0.1, -0.05) is 71.4 Å². The maximum Gasteiger partial charge on any atom is 0.156 e. The largest absolute Gasteiger partial charge is 0.295 e. The fourth-order valence-corrected chi connectivity index (χ4v) is 6.91. The van der Waals surface area contributed by atoms with Gasteiger partial charge in [0.2, 0.25) is 0 Å². The molecule has 1 saturated carbocycles. The summed E-state index contributed by atoms with van der Waals surface area (Å²) in [6, 6.07) is 0. The van der Waals surface area contributed by atoms with Gasteiger partial charge in [0, 0.05) is 6.42 Å². The van der Waals surface area contributed by atoms with Crippen molar-refractivity contribution in [1.82, 2.24) is 0 Å². The monoisotopic (exact) mass is 392 g/mol. The first kappa shape index (κ1) is 20.9. The number of hydrogen-bond acceptors (Lipinski definition) is 1. The molecule has 0 aromatic rings. The maximum absolute atomic E-state index is 12.0. The molecule has 0 amide bonds. The predicted octanol–water partition coefficient (Wildman–Crippen LogP) is 7.46. The van der Waals surface area contributed by atoms with Crippen LogP contribution in [0.25, 0.3) is 0 Å². The second kappa shape index (κ2) is 7.40. The predicted molar refractivity (Wildman–Crippen MR) is 122 cm³/mol. The second-order valence-electron chi connectivity index (χ2n) is 11.3.